The van der Waals surface area contributed by atoms with Gasteiger partial charge in [0.15, 0.2) is 0 Å². The molecule has 0 atom stereocenters. The smallest absolute Gasteiger partial charge is 0.248 e. The van der Waals surface area contributed by atoms with Crippen LogP contribution in [0.5, 0.6) is 11.5 Å². The van der Waals surface area contributed by atoms with Gasteiger partial charge in [-0.2, -0.15) is 0 Å². The quantitative estimate of drug-likeness (QED) is 0.904. The summed E-state index contributed by atoms with van der Waals surface area (Å²) in [4.78, 5) is 25.1. The maximum absolute atomic E-state index is 11.9. The number of carbonyl (C=O) groups excluding carboxylic acids is 2. The van der Waals surface area contributed by atoms with Crippen LogP contribution in [0.1, 0.15) is 28.8 Å². The normalized spacial score (nSPS) is 14.0. The lowest BCUT2D eigenvalue weighted by molar-refractivity contribution is -0.128. The third-order valence-electron chi connectivity index (χ3n) is 3.93. The number of amides is 2. The van der Waals surface area contributed by atoms with Crippen molar-refractivity contribution in [3.8, 4) is 11.5 Å². The van der Waals surface area contributed by atoms with E-state index in [-0.39, 0.29) is 5.91 Å². The average molecular weight is 345 g/mol. The minimum Gasteiger partial charge on any atom is -0.457 e. The Balaban J connectivity index is 1.90. The Bertz CT molecular complexity index is 774. The molecule has 1 aliphatic heterocycles. The van der Waals surface area contributed by atoms with E-state index >= 15 is 0 Å². The van der Waals surface area contributed by atoms with Crippen LogP contribution in [-0.4, -0.2) is 23.3 Å². The monoisotopic (exact) mass is 344 g/mol. The van der Waals surface area contributed by atoms with E-state index in [9.17, 15) is 9.59 Å². The molecule has 1 saturated heterocycles. The van der Waals surface area contributed by atoms with Crippen LogP contribution < -0.4 is 10.5 Å². The number of primary amides is 1. The Kier molecular flexibility index (Phi) is 4.71. The van der Waals surface area contributed by atoms with Gasteiger partial charge >= 0.3 is 0 Å². The number of carbonyl (C=O) groups is 2. The summed E-state index contributed by atoms with van der Waals surface area (Å²) in [6, 6.07) is 11.9. The molecule has 0 radical (unpaired) electrons. The zero-order valence-electron chi connectivity index (χ0n) is 13.0. The Morgan fingerprint density at radius 3 is 2.58 bits per heavy atom. The molecule has 1 aliphatic rings. The van der Waals surface area contributed by atoms with Crippen molar-refractivity contribution >= 4 is 23.4 Å². The minimum atomic E-state index is -0.528. The highest BCUT2D eigenvalue weighted by Gasteiger charge is 2.22. The van der Waals surface area contributed by atoms with Crippen LogP contribution in [0, 0.1) is 0 Å². The van der Waals surface area contributed by atoms with Gasteiger partial charge in [-0.15, -0.1) is 0 Å². The summed E-state index contributed by atoms with van der Waals surface area (Å²) in [6.07, 6.45) is 1.44. The molecule has 3 rings (SSSR count). The summed E-state index contributed by atoms with van der Waals surface area (Å²) in [6.45, 7) is 1.18. The second kappa shape index (κ2) is 6.93. The number of hydrogen-bond acceptors (Lipinski definition) is 3. The number of benzene rings is 2. The first-order valence-corrected chi connectivity index (χ1v) is 8.04. The number of ether oxygens (including phenoxy) is 1. The van der Waals surface area contributed by atoms with Gasteiger partial charge in [-0.05, 0) is 42.8 Å². The van der Waals surface area contributed by atoms with Gasteiger partial charge in [-0.25, -0.2) is 0 Å². The second-order valence-electron chi connectivity index (χ2n) is 5.66. The molecule has 0 aromatic heterocycles. The van der Waals surface area contributed by atoms with Crippen molar-refractivity contribution in [1.82, 2.24) is 4.90 Å². The van der Waals surface area contributed by atoms with Crippen molar-refractivity contribution in [2.75, 3.05) is 6.54 Å². The van der Waals surface area contributed by atoms with E-state index in [0.29, 0.717) is 35.1 Å². The van der Waals surface area contributed by atoms with Crippen LogP contribution in [0.25, 0.3) is 0 Å². The summed E-state index contributed by atoms with van der Waals surface area (Å²) in [7, 11) is 0. The van der Waals surface area contributed by atoms with Crippen LogP contribution in [0.15, 0.2) is 42.5 Å². The Hall–Kier alpha value is -2.53. The molecule has 1 fully saturated rings. The van der Waals surface area contributed by atoms with Crippen LogP contribution >= 0.6 is 11.6 Å². The molecule has 6 heteroatoms. The van der Waals surface area contributed by atoms with Crippen LogP contribution in [0.3, 0.4) is 0 Å². The number of likely N-dealkylation sites (tertiary alicyclic amines) is 1. The highest BCUT2D eigenvalue weighted by molar-refractivity contribution is 6.30. The molecular weight excluding hydrogens is 328 g/mol. The lowest BCUT2D eigenvalue weighted by atomic mass is 10.1. The summed E-state index contributed by atoms with van der Waals surface area (Å²) < 4.78 is 5.90. The number of rotatable bonds is 5. The van der Waals surface area contributed by atoms with E-state index < -0.39 is 5.91 Å². The first-order valence-electron chi connectivity index (χ1n) is 7.67. The van der Waals surface area contributed by atoms with E-state index in [1.165, 1.54) is 0 Å². The molecule has 2 amide bonds. The van der Waals surface area contributed by atoms with Crippen molar-refractivity contribution in [3.63, 3.8) is 0 Å². The molecule has 124 valence electrons. The number of hydrogen-bond donors (Lipinski definition) is 1. The van der Waals surface area contributed by atoms with Gasteiger partial charge in [0.05, 0.1) is 0 Å². The fourth-order valence-corrected chi connectivity index (χ4v) is 2.77. The van der Waals surface area contributed by atoms with Crippen molar-refractivity contribution in [3.05, 3.63) is 58.6 Å². The van der Waals surface area contributed by atoms with Crippen molar-refractivity contribution in [1.29, 1.82) is 0 Å². The molecule has 0 aliphatic carbocycles. The van der Waals surface area contributed by atoms with Gasteiger partial charge < -0.3 is 15.4 Å². The Morgan fingerprint density at radius 1 is 1.21 bits per heavy atom. The third-order valence-corrected chi connectivity index (χ3v) is 4.18. The van der Waals surface area contributed by atoms with E-state index in [2.05, 4.69) is 0 Å². The fraction of sp³-hybridized carbons (Fsp3) is 0.222. The first kappa shape index (κ1) is 16.3. The van der Waals surface area contributed by atoms with Gasteiger partial charge in [0.2, 0.25) is 11.8 Å². The number of halogens is 1. The van der Waals surface area contributed by atoms with E-state index in [0.717, 1.165) is 18.5 Å². The third kappa shape index (κ3) is 3.68. The largest absolute Gasteiger partial charge is 0.457 e. The second-order valence-corrected chi connectivity index (χ2v) is 6.10. The Labute approximate surface area is 145 Å². The number of nitrogens with two attached hydrogens (primary N) is 1. The summed E-state index contributed by atoms with van der Waals surface area (Å²) in [5.74, 6) is 0.703. The van der Waals surface area contributed by atoms with E-state index in [1.807, 2.05) is 0 Å². The maximum Gasteiger partial charge on any atom is 0.248 e. The summed E-state index contributed by atoms with van der Waals surface area (Å²) >= 11 is 5.88. The van der Waals surface area contributed by atoms with Crippen LogP contribution in [-0.2, 0) is 11.3 Å². The van der Waals surface area contributed by atoms with Crippen molar-refractivity contribution < 1.29 is 14.3 Å². The first-order chi connectivity index (χ1) is 11.5. The molecule has 0 saturated carbocycles. The molecule has 2 aromatic rings. The zero-order chi connectivity index (χ0) is 17.1. The topological polar surface area (TPSA) is 72.6 Å². The molecule has 1 heterocycles. The van der Waals surface area contributed by atoms with Gasteiger partial charge in [0.1, 0.15) is 11.5 Å². The van der Waals surface area contributed by atoms with E-state index in [4.69, 9.17) is 22.1 Å². The highest BCUT2D eigenvalue weighted by Crippen LogP contribution is 2.29. The fourth-order valence-electron chi connectivity index (χ4n) is 2.64. The maximum atomic E-state index is 11.9. The van der Waals surface area contributed by atoms with Crippen molar-refractivity contribution in [2.24, 2.45) is 5.73 Å². The molecule has 24 heavy (non-hydrogen) atoms. The van der Waals surface area contributed by atoms with Gasteiger partial charge in [0.25, 0.3) is 0 Å². The van der Waals surface area contributed by atoms with E-state index in [1.54, 1.807) is 47.4 Å². The molecule has 0 spiro atoms. The predicted molar refractivity (Wildman–Crippen MR) is 91.1 cm³/mol. The standard InChI is InChI=1S/C18H17ClN2O3/c19-14-5-7-15(8-6-14)24-16-10-12(18(20)23)3-4-13(16)11-21-9-1-2-17(21)22/h3-8,10H,1-2,9,11H2,(H2,20,23). The van der Waals surface area contributed by atoms with Gasteiger partial charge in [-0.1, -0.05) is 17.7 Å². The lowest BCUT2D eigenvalue weighted by Gasteiger charge is -2.19. The van der Waals surface area contributed by atoms with Crippen molar-refractivity contribution in [2.45, 2.75) is 19.4 Å². The molecule has 2 aromatic carbocycles. The lowest BCUT2D eigenvalue weighted by Crippen LogP contribution is -2.24. The number of nitrogens with zero attached hydrogens (tertiary/aromatic N) is 1. The van der Waals surface area contributed by atoms with Gasteiger partial charge in [0, 0.05) is 35.7 Å². The molecule has 2 N–H and O–H groups in total. The summed E-state index contributed by atoms with van der Waals surface area (Å²) in [5.41, 5.74) is 6.54. The predicted octanol–water partition coefficient (Wildman–Crippen LogP) is 3.35. The SMILES string of the molecule is NC(=O)c1ccc(CN2CCCC2=O)c(Oc2ccc(Cl)cc2)c1. The minimum absolute atomic E-state index is 0.131. The summed E-state index contributed by atoms with van der Waals surface area (Å²) in [5, 5.41) is 0.608. The van der Waals surface area contributed by atoms with Crippen LogP contribution in [0.4, 0.5) is 0 Å². The molecular formula is C18H17ClN2O3. The average Bonchev–Trinajstić information content (AvgIpc) is 2.96. The molecule has 0 bridgehead atoms. The zero-order valence-corrected chi connectivity index (χ0v) is 13.8. The van der Waals surface area contributed by atoms with Crippen LogP contribution in [0.2, 0.25) is 5.02 Å². The Morgan fingerprint density at radius 2 is 1.96 bits per heavy atom. The highest BCUT2D eigenvalue weighted by atomic mass is 35.5. The van der Waals surface area contributed by atoms with Gasteiger partial charge in [-0.3, -0.25) is 9.59 Å². The molecule has 0 unspecified atom stereocenters. The molecule has 5 nitrogen and oxygen atoms in total.